The van der Waals surface area contributed by atoms with E-state index < -0.39 is 0 Å². The maximum absolute atomic E-state index is 6.41. The molecule has 0 aliphatic carbocycles. The minimum Gasteiger partial charge on any atom is -0.369 e. The van der Waals surface area contributed by atoms with Gasteiger partial charge in [0.1, 0.15) is 0 Å². The summed E-state index contributed by atoms with van der Waals surface area (Å²) in [6.07, 6.45) is 3.05. The molecule has 2 nitrogen and oxygen atoms in total. The first kappa shape index (κ1) is 11.8. The Balaban J connectivity index is 1.99. The second kappa shape index (κ2) is 4.77. The van der Waals surface area contributed by atoms with Crippen molar-refractivity contribution in [2.75, 3.05) is 18.0 Å². The molecule has 2 unspecified atom stereocenters. The Hall–Kier alpha value is -1.28. The van der Waals surface area contributed by atoms with E-state index in [1.54, 1.807) is 0 Å². The molecular weight excluding hydrogens is 244 g/mol. The van der Waals surface area contributed by atoms with Crippen molar-refractivity contribution in [3.63, 3.8) is 0 Å². The Labute approximate surface area is 113 Å². The molecule has 1 aliphatic heterocycles. The van der Waals surface area contributed by atoms with Crippen LogP contribution in [0.25, 0.3) is 10.9 Å². The fraction of sp³-hybridized carbons (Fsp3) is 0.400. The molecule has 0 spiro atoms. The van der Waals surface area contributed by atoms with Crippen molar-refractivity contribution in [3.05, 3.63) is 36.5 Å². The number of anilines is 1. The number of hydrogen-bond donors (Lipinski definition) is 0. The van der Waals surface area contributed by atoms with E-state index >= 15 is 0 Å². The van der Waals surface area contributed by atoms with Crippen molar-refractivity contribution in [2.24, 2.45) is 5.92 Å². The van der Waals surface area contributed by atoms with E-state index in [2.05, 4.69) is 41.1 Å². The van der Waals surface area contributed by atoms with Crippen LogP contribution >= 0.6 is 11.6 Å². The summed E-state index contributed by atoms with van der Waals surface area (Å²) in [5.74, 6) is 0.607. The van der Waals surface area contributed by atoms with E-state index in [0.717, 1.165) is 25.0 Å². The Bertz CT molecular complexity index is 550. The molecule has 3 rings (SSSR count). The Morgan fingerprint density at radius 1 is 1.28 bits per heavy atom. The summed E-state index contributed by atoms with van der Waals surface area (Å²) in [6.45, 7) is 4.24. The number of benzene rings is 1. The van der Waals surface area contributed by atoms with E-state index in [1.807, 2.05) is 12.3 Å². The number of hydrogen-bond acceptors (Lipinski definition) is 2. The topological polar surface area (TPSA) is 16.1 Å². The van der Waals surface area contributed by atoms with Crippen molar-refractivity contribution in [2.45, 2.75) is 18.7 Å². The van der Waals surface area contributed by atoms with Crippen LogP contribution in [0.4, 0.5) is 5.69 Å². The quantitative estimate of drug-likeness (QED) is 0.727. The van der Waals surface area contributed by atoms with Gasteiger partial charge in [-0.3, -0.25) is 4.98 Å². The number of rotatable bonds is 1. The van der Waals surface area contributed by atoms with Crippen LogP contribution in [0.15, 0.2) is 36.5 Å². The molecule has 0 radical (unpaired) electrons. The van der Waals surface area contributed by atoms with Crippen molar-refractivity contribution < 1.29 is 0 Å². The summed E-state index contributed by atoms with van der Waals surface area (Å²) < 4.78 is 0. The van der Waals surface area contributed by atoms with Gasteiger partial charge >= 0.3 is 0 Å². The molecule has 0 amide bonds. The first-order valence-corrected chi connectivity index (χ1v) is 6.92. The number of nitrogens with zero attached hydrogens (tertiary/aromatic N) is 2. The van der Waals surface area contributed by atoms with Crippen molar-refractivity contribution in [3.8, 4) is 0 Å². The lowest BCUT2D eigenvalue weighted by molar-refractivity contribution is 0.446. The third-order valence-corrected chi connectivity index (χ3v) is 4.40. The zero-order valence-electron chi connectivity index (χ0n) is 10.5. The number of halogens is 1. The minimum absolute atomic E-state index is 0.241. The van der Waals surface area contributed by atoms with Gasteiger partial charge < -0.3 is 4.90 Å². The Kier molecular flexibility index (Phi) is 3.13. The van der Waals surface area contributed by atoms with E-state index in [-0.39, 0.29) is 5.38 Å². The van der Waals surface area contributed by atoms with Gasteiger partial charge in [-0.15, -0.1) is 11.6 Å². The monoisotopic (exact) mass is 260 g/mol. The van der Waals surface area contributed by atoms with Crippen LogP contribution in [0.1, 0.15) is 13.3 Å². The Morgan fingerprint density at radius 2 is 2.11 bits per heavy atom. The van der Waals surface area contributed by atoms with Crippen molar-refractivity contribution in [1.29, 1.82) is 0 Å². The molecule has 18 heavy (non-hydrogen) atoms. The fourth-order valence-corrected chi connectivity index (χ4v) is 2.89. The highest BCUT2D eigenvalue weighted by Crippen LogP contribution is 2.30. The lowest BCUT2D eigenvalue weighted by Gasteiger charge is -2.36. The Morgan fingerprint density at radius 3 is 2.94 bits per heavy atom. The van der Waals surface area contributed by atoms with E-state index in [1.165, 1.54) is 11.1 Å². The number of alkyl halides is 1. The molecule has 0 bridgehead atoms. The molecule has 1 aromatic carbocycles. The summed E-state index contributed by atoms with van der Waals surface area (Å²) in [5, 5.41) is 1.46. The van der Waals surface area contributed by atoms with Gasteiger partial charge in [-0.25, -0.2) is 0 Å². The predicted octanol–water partition coefficient (Wildman–Crippen LogP) is 3.69. The average Bonchev–Trinajstić information content (AvgIpc) is 2.41. The SMILES string of the molecule is CC1CCN(c2ccnc3ccccc23)CC1Cl. The maximum Gasteiger partial charge on any atom is 0.0722 e. The van der Waals surface area contributed by atoms with Gasteiger partial charge in [-0.2, -0.15) is 0 Å². The van der Waals surface area contributed by atoms with Crippen LogP contribution in [0.2, 0.25) is 0 Å². The summed E-state index contributed by atoms with van der Waals surface area (Å²) >= 11 is 6.41. The van der Waals surface area contributed by atoms with E-state index in [4.69, 9.17) is 11.6 Å². The van der Waals surface area contributed by atoms with Gasteiger partial charge in [0.2, 0.25) is 0 Å². The molecule has 1 aromatic heterocycles. The van der Waals surface area contributed by atoms with Gasteiger partial charge in [0.05, 0.1) is 10.9 Å². The number of aromatic nitrogens is 1. The lowest BCUT2D eigenvalue weighted by Crippen LogP contribution is -2.40. The molecular formula is C15H17ClN2. The normalized spacial score (nSPS) is 24.4. The van der Waals surface area contributed by atoms with Gasteiger partial charge in [0.25, 0.3) is 0 Å². The largest absolute Gasteiger partial charge is 0.369 e. The third-order valence-electron chi connectivity index (χ3n) is 3.83. The number of pyridine rings is 1. The summed E-state index contributed by atoms with van der Waals surface area (Å²) in [6, 6.07) is 10.4. The highest BCUT2D eigenvalue weighted by Gasteiger charge is 2.25. The standard InChI is InChI=1S/C15H17ClN2/c1-11-7-9-18(10-13(11)16)15-6-8-17-14-5-3-2-4-12(14)15/h2-6,8,11,13H,7,9-10H2,1H3. The van der Waals surface area contributed by atoms with Crippen molar-refractivity contribution >= 4 is 28.2 Å². The molecule has 2 aromatic rings. The zero-order chi connectivity index (χ0) is 12.5. The van der Waals surface area contributed by atoms with Crippen LogP contribution in [0.5, 0.6) is 0 Å². The number of para-hydroxylation sites is 1. The van der Waals surface area contributed by atoms with Crippen LogP contribution in [0.3, 0.4) is 0 Å². The summed E-state index contributed by atoms with van der Waals surface area (Å²) in [5.41, 5.74) is 2.32. The number of fused-ring (bicyclic) bond motifs is 1. The second-order valence-electron chi connectivity index (χ2n) is 5.08. The molecule has 94 valence electrons. The van der Waals surface area contributed by atoms with Crippen molar-refractivity contribution in [1.82, 2.24) is 4.98 Å². The zero-order valence-corrected chi connectivity index (χ0v) is 11.3. The smallest absolute Gasteiger partial charge is 0.0722 e. The molecule has 3 heteroatoms. The number of piperidine rings is 1. The van der Waals surface area contributed by atoms with Crippen LogP contribution in [-0.2, 0) is 0 Å². The third kappa shape index (κ3) is 2.05. The van der Waals surface area contributed by atoms with E-state index in [9.17, 15) is 0 Å². The van der Waals surface area contributed by atoms with Crippen LogP contribution in [-0.4, -0.2) is 23.5 Å². The summed E-state index contributed by atoms with van der Waals surface area (Å²) in [4.78, 5) is 6.80. The maximum atomic E-state index is 6.41. The van der Waals surface area contributed by atoms with Gasteiger partial charge in [-0.05, 0) is 24.5 Å². The highest BCUT2D eigenvalue weighted by molar-refractivity contribution is 6.21. The molecule has 1 fully saturated rings. The molecule has 1 aliphatic rings. The average molecular weight is 261 g/mol. The first-order chi connectivity index (χ1) is 8.75. The van der Waals surface area contributed by atoms with Crippen LogP contribution < -0.4 is 4.90 Å². The van der Waals surface area contributed by atoms with E-state index in [0.29, 0.717) is 5.92 Å². The fourth-order valence-electron chi connectivity index (χ4n) is 2.60. The van der Waals surface area contributed by atoms with Crippen LogP contribution in [0, 0.1) is 5.92 Å². The second-order valence-corrected chi connectivity index (χ2v) is 5.64. The molecule has 0 saturated carbocycles. The van der Waals surface area contributed by atoms with Gasteiger partial charge in [0, 0.05) is 30.4 Å². The molecule has 1 saturated heterocycles. The molecule has 2 heterocycles. The molecule has 2 atom stereocenters. The van der Waals surface area contributed by atoms with Gasteiger partial charge in [0.15, 0.2) is 0 Å². The first-order valence-electron chi connectivity index (χ1n) is 6.48. The van der Waals surface area contributed by atoms with Gasteiger partial charge in [-0.1, -0.05) is 25.1 Å². The molecule has 0 N–H and O–H groups in total. The predicted molar refractivity (Wildman–Crippen MR) is 77.4 cm³/mol. The lowest BCUT2D eigenvalue weighted by atomic mass is 9.97. The minimum atomic E-state index is 0.241. The highest BCUT2D eigenvalue weighted by atomic mass is 35.5. The summed E-state index contributed by atoms with van der Waals surface area (Å²) in [7, 11) is 0.